The van der Waals surface area contributed by atoms with E-state index < -0.39 is 4.92 Å². The van der Waals surface area contributed by atoms with Crippen LogP contribution in [-0.2, 0) is 4.79 Å². The van der Waals surface area contributed by atoms with Crippen molar-refractivity contribution in [2.24, 2.45) is 0 Å². The van der Waals surface area contributed by atoms with Crippen molar-refractivity contribution >= 4 is 35.1 Å². The van der Waals surface area contributed by atoms with E-state index in [2.05, 4.69) is 37.3 Å². The molecule has 27 heavy (non-hydrogen) atoms. The van der Waals surface area contributed by atoms with Gasteiger partial charge >= 0.3 is 0 Å². The molecule has 1 aromatic carbocycles. The molecule has 0 spiro atoms. The van der Waals surface area contributed by atoms with Crippen LogP contribution in [0.25, 0.3) is 0 Å². The third-order valence-corrected chi connectivity index (χ3v) is 4.50. The molecule has 0 bridgehead atoms. The molecule has 0 saturated carbocycles. The molecule has 10 nitrogen and oxygen atoms in total. The number of anilines is 4. The Balaban J connectivity index is 1.81. The number of amides is 1. The number of hydrogen-bond donors (Lipinski definition) is 2. The third-order valence-electron chi connectivity index (χ3n) is 4.50. The van der Waals surface area contributed by atoms with Crippen molar-refractivity contribution < 1.29 is 9.72 Å². The van der Waals surface area contributed by atoms with E-state index in [0.29, 0.717) is 23.7 Å². The second-order valence-electron chi connectivity index (χ2n) is 6.06. The average molecular weight is 371 g/mol. The number of nitro groups is 1. The van der Waals surface area contributed by atoms with E-state index in [-0.39, 0.29) is 5.69 Å². The van der Waals surface area contributed by atoms with E-state index in [4.69, 9.17) is 0 Å². The molecule has 1 fully saturated rings. The summed E-state index contributed by atoms with van der Waals surface area (Å²) in [4.78, 5) is 34.1. The fourth-order valence-electron chi connectivity index (χ4n) is 3.00. The SMILES string of the molecule is CCN1CCN(c2ccc(Nc3cc(NC=O)ncn3)c([N+](=O)[O-])c2)CC1. The number of nitrogens with zero attached hydrogens (tertiary/aromatic N) is 5. The van der Waals surface area contributed by atoms with Crippen molar-refractivity contribution in [3.8, 4) is 0 Å². The number of hydrogen-bond acceptors (Lipinski definition) is 8. The molecule has 2 aromatic rings. The summed E-state index contributed by atoms with van der Waals surface area (Å²) in [7, 11) is 0. The number of benzene rings is 1. The quantitative estimate of drug-likeness (QED) is 0.430. The minimum atomic E-state index is -0.417. The van der Waals surface area contributed by atoms with E-state index in [9.17, 15) is 14.9 Å². The summed E-state index contributed by atoms with van der Waals surface area (Å²) in [6, 6.07) is 6.61. The topological polar surface area (TPSA) is 117 Å². The zero-order valence-corrected chi connectivity index (χ0v) is 15.0. The van der Waals surface area contributed by atoms with Crippen molar-refractivity contribution in [3.63, 3.8) is 0 Å². The minimum absolute atomic E-state index is 0.0334. The number of rotatable bonds is 7. The van der Waals surface area contributed by atoms with Gasteiger partial charge in [0.15, 0.2) is 0 Å². The number of nitrogens with one attached hydrogen (secondary N) is 2. The molecule has 2 heterocycles. The largest absolute Gasteiger partial charge is 0.369 e. The molecule has 0 unspecified atom stereocenters. The molecule has 10 heteroatoms. The smallest absolute Gasteiger partial charge is 0.294 e. The molecule has 0 aliphatic carbocycles. The number of carbonyl (C=O) groups is 1. The lowest BCUT2D eigenvalue weighted by molar-refractivity contribution is -0.383. The first-order valence-electron chi connectivity index (χ1n) is 8.65. The van der Waals surface area contributed by atoms with Crippen molar-refractivity contribution in [3.05, 3.63) is 40.7 Å². The molecular weight excluding hydrogens is 350 g/mol. The Morgan fingerprint density at radius 2 is 1.93 bits per heavy atom. The van der Waals surface area contributed by atoms with Gasteiger partial charge in [0.05, 0.1) is 4.92 Å². The number of nitro benzene ring substituents is 1. The van der Waals surface area contributed by atoms with Crippen molar-refractivity contribution in [2.75, 3.05) is 48.3 Å². The highest BCUT2D eigenvalue weighted by molar-refractivity contribution is 5.75. The Hall–Kier alpha value is -3.27. The van der Waals surface area contributed by atoms with Gasteiger partial charge in [0.1, 0.15) is 23.7 Å². The fraction of sp³-hybridized carbons (Fsp3) is 0.353. The van der Waals surface area contributed by atoms with Gasteiger partial charge in [-0.1, -0.05) is 6.92 Å². The average Bonchev–Trinajstić information content (AvgIpc) is 2.69. The summed E-state index contributed by atoms with van der Waals surface area (Å²) < 4.78 is 0. The molecule has 1 aromatic heterocycles. The number of piperazine rings is 1. The van der Waals surface area contributed by atoms with Crippen molar-refractivity contribution in [1.82, 2.24) is 14.9 Å². The molecule has 2 N–H and O–H groups in total. The zero-order valence-electron chi connectivity index (χ0n) is 15.0. The van der Waals surface area contributed by atoms with Crippen LogP contribution in [0, 0.1) is 10.1 Å². The van der Waals surface area contributed by atoms with Crippen LogP contribution in [0.5, 0.6) is 0 Å². The van der Waals surface area contributed by atoms with Crippen LogP contribution in [0.4, 0.5) is 28.7 Å². The molecule has 142 valence electrons. The van der Waals surface area contributed by atoms with Crippen LogP contribution >= 0.6 is 0 Å². The third kappa shape index (κ3) is 4.47. The van der Waals surface area contributed by atoms with Crippen LogP contribution in [0.3, 0.4) is 0 Å². The van der Waals surface area contributed by atoms with E-state index >= 15 is 0 Å². The van der Waals surface area contributed by atoms with E-state index in [1.165, 1.54) is 12.4 Å². The van der Waals surface area contributed by atoms with Gasteiger partial charge in [-0.25, -0.2) is 9.97 Å². The molecule has 0 atom stereocenters. The Morgan fingerprint density at radius 3 is 2.59 bits per heavy atom. The lowest BCUT2D eigenvalue weighted by atomic mass is 10.2. The molecule has 1 amide bonds. The van der Waals surface area contributed by atoms with Crippen molar-refractivity contribution in [1.29, 1.82) is 0 Å². The van der Waals surface area contributed by atoms with Gasteiger partial charge in [-0.15, -0.1) is 0 Å². The van der Waals surface area contributed by atoms with Gasteiger partial charge in [0, 0.05) is 44.0 Å². The highest BCUT2D eigenvalue weighted by Gasteiger charge is 2.21. The van der Waals surface area contributed by atoms with E-state index in [1.807, 2.05) is 6.07 Å². The summed E-state index contributed by atoms with van der Waals surface area (Å²) in [6.07, 6.45) is 1.77. The fourth-order valence-corrected chi connectivity index (χ4v) is 3.00. The normalized spacial score (nSPS) is 14.6. The predicted molar refractivity (Wildman–Crippen MR) is 102 cm³/mol. The second kappa shape index (κ2) is 8.41. The van der Waals surface area contributed by atoms with E-state index in [0.717, 1.165) is 38.4 Å². The van der Waals surface area contributed by atoms with Gasteiger partial charge in [-0.2, -0.15) is 0 Å². The Labute approximate surface area is 156 Å². The predicted octanol–water partition coefficient (Wildman–Crippen LogP) is 1.84. The molecular formula is C17H21N7O3. The summed E-state index contributed by atoms with van der Waals surface area (Å²) in [5.74, 6) is 0.650. The first kappa shape index (κ1) is 18.5. The van der Waals surface area contributed by atoms with E-state index in [1.54, 1.807) is 12.1 Å². The van der Waals surface area contributed by atoms with Crippen LogP contribution in [0.1, 0.15) is 6.92 Å². The zero-order chi connectivity index (χ0) is 19.2. The minimum Gasteiger partial charge on any atom is -0.369 e. The van der Waals surface area contributed by atoms with Gasteiger partial charge < -0.3 is 20.4 Å². The van der Waals surface area contributed by atoms with Gasteiger partial charge in [0.2, 0.25) is 6.41 Å². The lowest BCUT2D eigenvalue weighted by Crippen LogP contribution is -2.46. The molecule has 3 rings (SSSR count). The molecule has 1 aliphatic rings. The highest BCUT2D eigenvalue weighted by atomic mass is 16.6. The standard InChI is InChI=1S/C17H21N7O3/c1-2-22-5-7-23(8-6-22)13-3-4-14(15(9-13)24(26)27)21-17-10-16(20-12-25)18-11-19-17/h3-4,9-12H,2,5-8H2,1H3,(H2,18,19,20,21,25). The van der Waals surface area contributed by atoms with Gasteiger partial charge in [-0.3, -0.25) is 14.9 Å². The Kier molecular flexibility index (Phi) is 5.77. The van der Waals surface area contributed by atoms with Crippen molar-refractivity contribution in [2.45, 2.75) is 6.92 Å². The number of aromatic nitrogens is 2. The van der Waals surface area contributed by atoms with Gasteiger partial charge in [0.25, 0.3) is 5.69 Å². The maximum absolute atomic E-state index is 11.6. The summed E-state index contributed by atoms with van der Waals surface area (Å²) >= 11 is 0. The van der Waals surface area contributed by atoms with Crippen LogP contribution in [0.15, 0.2) is 30.6 Å². The van der Waals surface area contributed by atoms with Crippen LogP contribution in [0.2, 0.25) is 0 Å². The van der Waals surface area contributed by atoms with Gasteiger partial charge in [-0.05, 0) is 18.7 Å². The summed E-state index contributed by atoms with van der Waals surface area (Å²) in [5, 5.41) is 16.9. The lowest BCUT2D eigenvalue weighted by Gasteiger charge is -2.35. The Bertz CT molecular complexity index is 822. The Morgan fingerprint density at radius 1 is 1.19 bits per heavy atom. The molecule has 1 aliphatic heterocycles. The number of likely N-dealkylation sites (N-methyl/N-ethyl adjacent to an activating group) is 1. The first-order chi connectivity index (χ1) is 13.1. The molecule has 1 saturated heterocycles. The highest BCUT2D eigenvalue weighted by Crippen LogP contribution is 2.32. The number of carbonyl (C=O) groups excluding carboxylic acids is 1. The summed E-state index contributed by atoms with van der Waals surface area (Å²) in [5.41, 5.74) is 1.12. The van der Waals surface area contributed by atoms with Crippen LogP contribution < -0.4 is 15.5 Å². The molecule has 0 radical (unpaired) electrons. The second-order valence-corrected chi connectivity index (χ2v) is 6.06. The maximum atomic E-state index is 11.6. The monoisotopic (exact) mass is 371 g/mol. The first-order valence-corrected chi connectivity index (χ1v) is 8.65. The maximum Gasteiger partial charge on any atom is 0.294 e. The van der Waals surface area contributed by atoms with Crippen LogP contribution in [-0.4, -0.2) is 58.9 Å². The summed E-state index contributed by atoms with van der Waals surface area (Å²) in [6.45, 7) is 6.70.